The smallest absolute Gasteiger partial charge is 0.293 e. The van der Waals surface area contributed by atoms with Crippen LogP contribution >= 0.6 is 34.4 Å². The van der Waals surface area contributed by atoms with Crippen molar-refractivity contribution in [3.05, 3.63) is 61.6 Å². The molecule has 3 rings (SSSR count). The van der Waals surface area contributed by atoms with Crippen LogP contribution < -0.4 is 9.47 Å². The SMILES string of the molecule is C#CCOc1c(I)cc(/C=C2/SC(=O)N(Cc3ccccc3C#N)C2=O)cc1OC. The molecule has 0 N–H and O–H groups in total. The third kappa shape index (κ3) is 4.61. The number of carbonyl (C=O) groups excluding carboxylic acids is 2. The van der Waals surface area contributed by atoms with Gasteiger partial charge in [0.05, 0.1) is 33.8 Å². The monoisotopic (exact) mass is 530 g/mol. The highest BCUT2D eigenvalue weighted by atomic mass is 127. The number of hydrogen-bond acceptors (Lipinski definition) is 6. The molecule has 0 spiro atoms. The largest absolute Gasteiger partial charge is 0.493 e. The van der Waals surface area contributed by atoms with Gasteiger partial charge in [0, 0.05) is 0 Å². The number of terminal acetylenes is 1. The second kappa shape index (κ2) is 9.70. The molecule has 0 aliphatic carbocycles. The minimum atomic E-state index is -0.403. The van der Waals surface area contributed by atoms with Crippen LogP contribution in [0.1, 0.15) is 16.7 Å². The van der Waals surface area contributed by atoms with E-state index < -0.39 is 5.91 Å². The standard InChI is InChI=1S/C22H15IN2O4S/c1-3-8-29-20-17(23)9-14(10-18(20)28-2)11-19-21(26)25(22(27)30-19)13-16-7-5-4-6-15(16)12-24/h1,4-7,9-11H,8,13H2,2H3/b19-11+. The van der Waals surface area contributed by atoms with Crippen LogP contribution in [0.5, 0.6) is 11.5 Å². The Morgan fingerprint density at radius 3 is 2.77 bits per heavy atom. The molecule has 0 aromatic heterocycles. The molecule has 0 saturated carbocycles. The van der Waals surface area contributed by atoms with Gasteiger partial charge in [-0.1, -0.05) is 24.1 Å². The van der Waals surface area contributed by atoms with Crippen molar-refractivity contribution in [1.82, 2.24) is 4.90 Å². The summed E-state index contributed by atoms with van der Waals surface area (Å²) in [6.07, 6.45) is 6.88. The Balaban J connectivity index is 1.88. The molecule has 8 heteroatoms. The minimum Gasteiger partial charge on any atom is -0.493 e. The highest BCUT2D eigenvalue weighted by Crippen LogP contribution is 2.37. The molecule has 30 heavy (non-hydrogen) atoms. The molecule has 0 unspecified atom stereocenters. The van der Waals surface area contributed by atoms with E-state index in [9.17, 15) is 14.9 Å². The van der Waals surface area contributed by atoms with Gasteiger partial charge >= 0.3 is 0 Å². The lowest BCUT2D eigenvalue weighted by Gasteiger charge is -2.13. The predicted octanol–water partition coefficient (Wildman–Crippen LogP) is 4.42. The lowest BCUT2D eigenvalue weighted by Crippen LogP contribution is -2.27. The van der Waals surface area contributed by atoms with Gasteiger partial charge in [-0.15, -0.1) is 6.42 Å². The average molecular weight is 530 g/mol. The molecule has 1 fully saturated rings. The number of hydrogen-bond donors (Lipinski definition) is 0. The highest BCUT2D eigenvalue weighted by Gasteiger charge is 2.35. The van der Waals surface area contributed by atoms with Crippen molar-refractivity contribution in [3.63, 3.8) is 0 Å². The topological polar surface area (TPSA) is 79.6 Å². The maximum absolute atomic E-state index is 12.8. The fourth-order valence-electron chi connectivity index (χ4n) is 2.80. The predicted molar refractivity (Wildman–Crippen MR) is 123 cm³/mol. The number of ether oxygens (including phenoxy) is 2. The van der Waals surface area contributed by atoms with Crippen LogP contribution in [0, 0.1) is 27.2 Å². The summed E-state index contributed by atoms with van der Waals surface area (Å²) in [7, 11) is 1.51. The van der Waals surface area contributed by atoms with E-state index in [1.807, 2.05) is 6.07 Å². The Bertz CT molecular complexity index is 1130. The first-order valence-corrected chi connectivity index (χ1v) is 10.5. The number of amides is 2. The molecule has 0 atom stereocenters. The van der Waals surface area contributed by atoms with Crippen LogP contribution in [-0.4, -0.2) is 29.8 Å². The third-order valence-electron chi connectivity index (χ3n) is 4.19. The van der Waals surface area contributed by atoms with Gasteiger partial charge < -0.3 is 9.47 Å². The van der Waals surface area contributed by atoms with Crippen LogP contribution in [0.25, 0.3) is 6.08 Å². The van der Waals surface area contributed by atoms with E-state index in [0.717, 1.165) is 20.2 Å². The van der Waals surface area contributed by atoms with Gasteiger partial charge in [0.25, 0.3) is 11.1 Å². The van der Waals surface area contributed by atoms with Gasteiger partial charge in [0.15, 0.2) is 11.5 Å². The van der Waals surface area contributed by atoms with Crippen molar-refractivity contribution in [1.29, 1.82) is 5.26 Å². The van der Waals surface area contributed by atoms with E-state index in [1.54, 1.807) is 36.4 Å². The second-order valence-corrected chi connectivity index (χ2v) is 8.22. The molecule has 150 valence electrons. The zero-order chi connectivity index (χ0) is 21.7. The number of benzene rings is 2. The van der Waals surface area contributed by atoms with Crippen LogP contribution in [-0.2, 0) is 11.3 Å². The molecular formula is C22H15IN2O4S. The van der Waals surface area contributed by atoms with Crippen molar-refractivity contribution < 1.29 is 19.1 Å². The van der Waals surface area contributed by atoms with Crippen LogP contribution in [0.2, 0.25) is 0 Å². The van der Waals surface area contributed by atoms with Crippen LogP contribution in [0.3, 0.4) is 0 Å². The van der Waals surface area contributed by atoms with E-state index >= 15 is 0 Å². The Kier molecular flexibility index (Phi) is 7.03. The van der Waals surface area contributed by atoms with Crippen molar-refractivity contribution in [2.24, 2.45) is 0 Å². The lowest BCUT2D eigenvalue weighted by atomic mass is 10.1. The summed E-state index contributed by atoms with van der Waals surface area (Å²) in [6, 6.07) is 12.5. The van der Waals surface area contributed by atoms with Crippen molar-refractivity contribution in [2.45, 2.75) is 6.54 Å². The molecule has 6 nitrogen and oxygen atoms in total. The van der Waals surface area contributed by atoms with E-state index in [0.29, 0.717) is 33.1 Å². The van der Waals surface area contributed by atoms with E-state index in [2.05, 4.69) is 34.6 Å². The Morgan fingerprint density at radius 2 is 2.07 bits per heavy atom. The molecule has 1 aliphatic rings. The number of halogens is 1. The fraction of sp³-hybridized carbons (Fsp3) is 0.136. The van der Waals surface area contributed by atoms with Crippen molar-refractivity contribution >= 4 is 51.6 Å². The first kappa shape index (κ1) is 21.8. The molecule has 1 heterocycles. The Hall–Kier alpha value is -2.95. The van der Waals surface area contributed by atoms with Gasteiger partial charge in [-0.2, -0.15) is 5.26 Å². The van der Waals surface area contributed by atoms with E-state index in [1.165, 1.54) is 7.11 Å². The normalized spacial score (nSPS) is 14.5. The average Bonchev–Trinajstić information content (AvgIpc) is 3.00. The summed E-state index contributed by atoms with van der Waals surface area (Å²) in [5, 5.41) is 8.85. The molecular weight excluding hydrogens is 515 g/mol. The van der Waals surface area contributed by atoms with Gasteiger partial charge in [-0.3, -0.25) is 14.5 Å². The van der Waals surface area contributed by atoms with Gasteiger partial charge in [-0.25, -0.2) is 0 Å². The number of carbonyl (C=O) groups is 2. The highest BCUT2D eigenvalue weighted by molar-refractivity contribution is 14.1. The van der Waals surface area contributed by atoms with Gasteiger partial charge in [0.1, 0.15) is 6.61 Å². The summed E-state index contributed by atoms with van der Waals surface area (Å²) in [5.41, 5.74) is 1.74. The number of nitrogens with zero attached hydrogens (tertiary/aromatic N) is 2. The van der Waals surface area contributed by atoms with Gasteiger partial charge in [0.2, 0.25) is 0 Å². The Morgan fingerprint density at radius 1 is 1.30 bits per heavy atom. The van der Waals surface area contributed by atoms with Crippen molar-refractivity contribution in [3.8, 4) is 29.9 Å². The molecule has 2 aromatic carbocycles. The lowest BCUT2D eigenvalue weighted by molar-refractivity contribution is -0.123. The molecule has 2 aromatic rings. The maximum atomic E-state index is 12.8. The Labute approximate surface area is 192 Å². The molecule has 0 radical (unpaired) electrons. The minimum absolute atomic E-state index is 0.0471. The van der Waals surface area contributed by atoms with Crippen LogP contribution in [0.4, 0.5) is 4.79 Å². The zero-order valence-electron chi connectivity index (χ0n) is 15.8. The summed E-state index contributed by atoms with van der Waals surface area (Å²) in [5.74, 6) is 3.00. The van der Waals surface area contributed by atoms with Crippen molar-refractivity contribution in [2.75, 3.05) is 13.7 Å². The number of nitriles is 1. The first-order chi connectivity index (χ1) is 14.5. The van der Waals surface area contributed by atoms with Crippen LogP contribution in [0.15, 0.2) is 41.3 Å². The van der Waals surface area contributed by atoms with E-state index in [-0.39, 0.29) is 18.4 Å². The summed E-state index contributed by atoms with van der Waals surface area (Å²) in [4.78, 5) is 26.7. The summed E-state index contributed by atoms with van der Waals surface area (Å²) >= 11 is 2.96. The summed E-state index contributed by atoms with van der Waals surface area (Å²) in [6.45, 7) is 0.153. The third-order valence-corrected chi connectivity index (χ3v) is 5.90. The molecule has 1 aliphatic heterocycles. The fourth-order valence-corrected chi connectivity index (χ4v) is 4.42. The first-order valence-electron chi connectivity index (χ1n) is 8.65. The number of thioether (sulfide) groups is 1. The summed E-state index contributed by atoms with van der Waals surface area (Å²) < 4.78 is 11.7. The number of methoxy groups -OCH3 is 1. The number of rotatable bonds is 6. The second-order valence-electron chi connectivity index (χ2n) is 6.06. The molecule has 1 saturated heterocycles. The maximum Gasteiger partial charge on any atom is 0.293 e. The number of imide groups is 1. The van der Waals surface area contributed by atoms with Gasteiger partial charge in [-0.05, 0) is 69.8 Å². The molecule has 2 amide bonds. The zero-order valence-corrected chi connectivity index (χ0v) is 18.8. The van der Waals surface area contributed by atoms with E-state index in [4.69, 9.17) is 15.9 Å². The molecule has 0 bridgehead atoms. The quantitative estimate of drug-likeness (QED) is 0.313.